The van der Waals surface area contributed by atoms with Gasteiger partial charge in [-0.05, 0) is 30.3 Å². The summed E-state index contributed by atoms with van der Waals surface area (Å²) in [4.78, 5) is 16.0. The van der Waals surface area contributed by atoms with Crippen LogP contribution in [0.15, 0.2) is 54.6 Å². The lowest BCUT2D eigenvalue weighted by atomic mass is 10.2. The van der Waals surface area contributed by atoms with Gasteiger partial charge in [0.2, 0.25) is 5.91 Å². The van der Waals surface area contributed by atoms with Crippen molar-refractivity contribution in [1.29, 1.82) is 0 Å². The summed E-state index contributed by atoms with van der Waals surface area (Å²) in [5, 5.41) is 3.08. The molecular formula is C17H21N3O. The van der Waals surface area contributed by atoms with Gasteiger partial charge in [-0.2, -0.15) is 0 Å². The van der Waals surface area contributed by atoms with E-state index in [-0.39, 0.29) is 5.91 Å². The minimum Gasteiger partial charge on any atom is -0.388 e. The number of carbonyl (C=O) groups excluding carboxylic acids is 1. The predicted octanol–water partition coefficient (Wildman–Crippen LogP) is 2.83. The van der Waals surface area contributed by atoms with Gasteiger partial charge < -0.3 is 15.1 Å². The predicted molar refractivity (Wildman–Crippen MR) is 89.1 cm³/mol. The largest absolute Gasteiger partial charge is 0.388 e. The molecule has 0 aromatic heterocycles. The molecule has 0 bridgehead atoms. The molecule has 0 radical (unpaired) electrons. The van der Waals surface area contributed by atoms with E-state index in [2.05, 4.69) is 5.32 Å². The van der Waals surface area contributed by atoms with Crippen LogP contribution in [0.4, 0.5) is 17.1 Å². The third-order valence-corrected chi connectivity index (χ3v) is 3.47. The van der Waals surface area contributed by atoms with Crippen LogP contribution in [0.2, 0.25) is 0 Å². The van der Waals surface area contributed by atoms with Crippen molar-refractivity contribution in [2.24, 2.45) is 0 Å². The maximum absolute atomic E-state index is 12.4. The second kappa shape index (κ2) is 6.79. The van der Waals surface area contributed by atoms with E-state index in [9.17, 15) is 4.79 Å². The van der Waals surface area contributed by atoms with E-state index in [1.807, 2.05) is 73.6 Å². The Balaban J connectivity index is 2.05. The highest BCUT2D eigenvalue weighted by Crippen LogP contribution is 2.19. The normalized spacial score (nSPS) is 10.0. The molecule has 4 heteroatoms. The Hall–Kier alpha value is -2.49. The van der Waals surface area contributed by atoms with E-state index in [0.29, 0.717) is 6.54 Å². The van der Waals surface area contributed by atoms with Crippen molar-refractivity contribution in [2.45, 2.75) is 0 Å². The number of nitrogens with one attached hydrogen (secondary N) is 1. The average molecular weight is 283 g/mol. The molecule has 0 fully saturated rings. The Morgan fingerprint density at radius 3 is 2.33 bits per heavy atom. The maximum atomic E-state index is 12.4. The third kappa shape index (κ3) is 3.75. The number of para-hydroxylation sites is 1. The van der Waals surface area contributed by atoms with Crippen LogP contribution in [0, 0.1) is 0 Å². The highest BCUT2D eigenvalue weighted by atomic mass is 16.2. The molecule has 2 aromatic carbocycles. The van der Waals surface area contributed by atoms with Gasteiger partial charge in [-0.15, -0.1) is 0 Å². The number of benzene rings is 2. The molecule has 110 valence electrons. The summed E-state index contributed by atoms with van der Waals surface area (Å²) in [6.45, 7) is 0.338. The molecule has 0 spiro atoms. The van der Waals surface area contributed by atoms with E-state index >= 15 is 0 Å². The first-order valence-electron chi connectivity index (χ1n) is 6.92. The van der Waals surface area contributed by atoms with Gasteiger partial charge in [-0.1, -0.05) is 24.3 Å². The molecule has 0 saturated carbocycles. The van der Waals surface area contributed by atoms with Gasteiger partial charge in [0.25, 0.3) is 0 Å². The summed E-state index contributed by atoms with van der Waals surface area (Å²) < 4.78 is 0. The molecule has 1 N–H and O–H groups in total. The van der Waals surface area contributed by atoms with E-state index in [0.717, 1.165) is 17.1 Å². The fourth-order valence-electron chi connectivity index (χ4n) is 2.10. The number of amides is 1. The Morgan fingerprint density at radius 1 is 1.00 bits per heavy atom. The van der Waals surface area contributed by atoms with Gasteiger partial charge in [0, 0.05) is 38.2 Å². The van der Waals surface area contributed by atoms with Crippen LogP contribution in [0.1, 0.15) is 0 Å². The minimum atomic E-state index is 0.0506. The third-order valence-electron chi connectivity index (χ3n) is 3.47. The Kier molecular flexibility index (Phi) is 4.82. The van der Waals surface area contributed by atoms with Crippen molar-refractivity contribution in [3.05, 3.63) is 54.6 Å². The van der Waals surface area contributed by atoms with Crippen molar-refractivity contribution in [2.75, 3.05) is 42.8 Å². The van der Waals surface area contributed by atoms with Crippen LogP contribution in [0.3, 0.4) is 0 Å². The molecule has 2 rings (SSSR count). The van der Waals surface area contributed by atoms with E-state index in [1.165, 1.54) is 0 Å². The first-order chi connectivity index (χ1) is 10.1. The van der Waals surface area contributed by atoms with Crippen molar-refractivity contribution < 1.29 is 4.79 Å². The first-order valence-corrected chi connectivity index (χ1v) is 6.92. The molecule has 0 aliphatic carbocycles. The van der Waals surface area contributed by atoms with Gasteiger partial charge in [0.15, 0.2) is 0 Å². The number of nitrogens with zero attached hydrogens (tertiary/aromatic N) is 2. The minimum absolute atomic E-state index is 0.0506. The van der Waals surface area contributed by atoms with E-state index in [4.69, 9.17) is 0 Å². The smallest absolute Gasteiger partial charge is 0.246 e. The van der Waals surface area contributed by atoms with Crippen molar-refractivity contribution in [3.8, 4) is 0 Å². The molecule has 2 aromatic rings. The molecular weight excluding hydrogens is 262 g/mol. The summed E-state index contributed by atoms with van der Waals surface area (Å²) in [5.74, 6) is 0.0506. The lowest BCUT2D eigenvalue weighted by Gasteiger charge is -2.23. The number of rotatable bonds is 5. The van der Waals surface area contributed by atoms with Crippen molar-refractivity contribution in [1.82, 2.24) is 0 Å². The molecule has 4 nitrogen and oxygen atoms in total. The number of hydrogen-bond donors (Lipinski definition) is 1. The SMILES string of the molecule is CNc1cccc(N(C)C(=O)CN(C)c2ccccc2)c1. The quantitative estimate of drug-likeness (QED) is 0.916. The number of anilines is 3. The Labute approximate surface area is 126 Å². The Bertz CT molecular complexity index is 598. The standard InChI is InChI=1S/C17H21N3O/c1-18-14-8-7-11-16(12-14)20(3)17(21)13-19(2)15-9-5-4-6-10-15/h4-12,18H,13H2,1-3H3. The van der Waals surface area contributed by atoms with Gasteiger partial charge in [0.05, 0.1) is 6.54 Å². The second-order valence-corrected chi connectivity index (χ2v) is 4.94. The van der Waals surface area contributed by atoms with Crippen LogP contribution in [0.5, 0.6) is 0 Å². The van der Waals surface area contributed by atoms with Crippen molar-refractivity contribution >= 4 is 23.0 Å². The fraction of sp³-hybridized carbons (Fsp3) is 0.235. The van der Waals surface area contributed by atoms with E-state index in [1.54, 1.807) is 11.9 Å². The summed E-state index contributed by atoms with van der Waals surface area (Å²) in [5.41, 5.74) is 2.90. The monoisotopic (exact) mass is 283 g/mol. The van der Waals surface area contributed by atoms with Gasteiger partial charge >= 0.3 is 0 Å². The van der Waals surface area contributed by atoms with Gasteiger partial charge in [-0.25, -0.2) is 0 Å². The summed E-state index contributed by atoms with van der Waals surface area (Å²) in [7, 11) is 5.59. The fourth-order valence-corrected chi connectivity index (χ4v) is 2.10. The van der Waals surface area contributed by atoms with Crippen LogP contribution in [-0.4, -0.2) is 33.6 Å². The summed E-state index contributed by atoms with van der Waals surface area (Å²) >= 11 is 0. The maximum Gasteiger partial charge on any atom is 0.246 e. The van der Waals surface area contributed by atoms with Gasteiger partial charge in [-0.3, -0.25) is 4.79 Å². The summed E-state index contributed by atoms with van der Waals surface area (Å²) in [6.07, 6.45) is 0. The van der Waals surface area contributed by atoms with Crippen molar-refractivity contribution in [3.63, 3.8) is 0 Å². The molecule has 0 unspecified atom stereocenters. The number of hydrogen-bond acceptors (Lipinski definition) is 3. The van der Waals surface area contributed by atoms with Crippen LogP contribution < -0.4 is 15.1 Å². The van der Waals surface area contributed by atoms with Crippen LogP contribution in [0.25, 0.3) is 0 Å². The second-order valence-electron chi connectivity index (χ2n) is 4.94. The molecule has 0 heterocycles. The highest BCUT2D eigenvalue weighted by Gasteiger charge is 2.14. The first kappa shape index (κ1) is 14.9. The number of likely N-dealkylation sites (N-methyl/N-ethyl adjacent to an activating group) is 2. The highest BCUT2D eigenvalue weighted by molar-refractivity contribution is 5.96. The molecule has 0 aliphatic rings. The zero-order chi connectivity index (χ0) is 15.2. The molecule has 21 heavy (non-hydrogen) atoms. The number of carbonyl (C=O) groups is 1. The Morgan fingerprint density at radius 2 is 1.67 bits per heavy atom. The lowest BCUT2D eigenvalue weighted by molar-refractivity contribution is -0.117. The zero-order valence-electron chi connectivity index (χ0n) is 12.7. The molecule has 0 aliphatic heterocycles. The van der Waals surface area contributed by atoms with Crippen LogP contribution >= 0.6 is 0 Å². The molecule has 1 amide bonds. The van der Waals surface area contributed by atoms with E-state index < -0.39 is 0 Å². The zero-order valence-corrected chi connectivity index (χ0v) is 12.7. The average Bonchev–Trinajstić information content (AvgIpc) is 2.54. The van der Waals surface area contributed by atoms with Gasteiger partial charge in [0.1, 0.15) is 0 Å². The lowest BCUT2D eigenvalue weighted by Crippen LogP contribution is -2.36. The molecule has 0 atom stereocenters. The summed E-state index contributed by atoms with van der Waals surface area (Å²) in [6, 6.07) is 17.7. The van der Waals surface area contributed by atoms with Crippen LogP contribution in [-0.2, 0) is 4.79 Å². The topological polar surface area (TPSA) is 35.6 Å². The molecule has 0 saturated heterocycles.